The van der Waals surface area contributed by atoms with E-state index in [0.717, 1.165) is 24.8 Å². The van der Waals surface area contributed by atoms with Gasteiger partial charge in [-0.1, -0.05) is 36.8 Å². The Morgan fingerprint density at radius 2 is 1.71 bits per heavy atom. The van der Waals surface area contributed by atoms with E-state index < -0.39 is 11.9 Å². The Kier molecular flexibility index (Phi) is 3.95. The lowest BCUT2D eigenvalue weighted by Crippen LogP contribution is -2.40. The lowest BCUT2D eigenvalue weighted by Gasteiger charge is -2.27. The van der Waals surface area contributed by atoms with Crippen molar-refractivity contribution in [3.8, 4) is 0 Å². The van der Waals surface area contributed by atoms with Gasteiger partial charge in [0.1, 0.15) is 0 Å². The number of carboxylic acids is 1. The van der Waals surface area contributed by atoms with Crippen LogP contribution in [0, 0.1) is 11.8 Å². The zero-order valence-electron chi connectivity index (χ0n) is 12.1. The van der Waals surface area contributed by atoms with Gasteiger partial charge >= 0.3 is 5.97 Å². The van der Waals surface area contributed by atoms with E-state index in [1.807, 2.05) is 35.2 Å². The van der Waals surface area contributed by atoms with Crippen molar-refractivity contribution in [1.82, 2.24) is 4.90 Å². The van der Waals surface area contributed by atoms with Crippen LogP contribution in [0.5, 0.6) is 0 Å². The minimum atomic E-state index is -0.818. The van der Waals surface area contributed by atoms with E-state index in [2.05, 4.69) is 0 Å². The fourth-order valence-electron chi connectivity index (χ4n) is 3.32. The van der Waals surface area contributed by atoms with Crippen LogP contribution in [0.25, 0.3) is 0 Å². The van der Waals surface area contributed by atoms with Crippen LogP contribution in [-0.4, -0.2) is 27.9 Å². The number of aliphatic carboxylic acids is 1. The predicted molar refractivity (Wildman–Crippen MR) is 78.5 cm³/mol. The second-order valence-corrected chi connectivity index (χ2v) is 6.17. The van der Waals surface area contributed by atoms with Gasteiger partial charge in [-0.2, -0.15) is 0 Å². The summed E-state index contributed by atoms with van der Waals surface area (Å²) < 4.78 is 0. The summed E-state index contributed by atoms with van der Waals surface area (Å²) in [6.45, 7) is 0.604. The molecule has 0 saturated heterocycles. The number of rotatable bonds is 5. The maximum Gasteiger partial charge on any atom is 0.307 e. The molecule has 2 atom stereocenters. The molecule has 2 aliphatic rings. The molecule has 112 valence electrons. The van der Waals surface area contributed by atoms with Crippen LogP contribution in [0.1, 0.15) is 37.7 Å². The van der Waals surface area contributed by atoms with Crippen molar-refractivity contribution in [1.29, 1.82) is 0 Å². The summed E-state index contributed by atoms with van der Waals surface area (Å²) >= 11 is 0. The van der Waals surface area contributed by atoms with Gasteiger partial charge in [-0.15, -0.1) is 0 Å². The Hall–Kier alpha value is -1.84. The van der Waals surface area contributed by atoms with Gasteiger partial charge in [0.05, 0.1) is 11.8 Å². The van der Waals surface area contributed by atoms with Crippen LogP contribution in [0.4, 0.5) is 0 Å². The molecule has 0 bridgehead atoms. The number of nitrogens with zero attached hydrogens (tertiary/aromatic N) is 1. The van der Waals surface area contributed by atoms with Crippen molar-refractivity contribution >= 4 is 11.9 Å². The highest BCUT2D eigenvalue weighted by molar-refractivity contribution is 5.85. The van der Waals surface area contributed by atoms with Gasteiger partial charge in [0.2, 0.25) is 5.91 Å². The maximum absolute atomic E-state index is 12.8. The number of hydrogen-bond donors (Lipinski definition) is 1. The molecule has 0 heterocycles. The van der Waals surface area contributed by atoms with Gasteiger partial charge in [0.15, 0.2) is 0 Å². The fraction of sp³-hybridized carbons (Fsp3) is 0.529. The predicted octanol–water partition coefficient (Wildman–Crippen LogP) is 2.68. The van der Waals surface area contributed by atoms with E-state index in [-0.39, 0.29) is 11.8 Å². The minimum Gasteiger partial charge on any atom is -0.481 e. The van der Waals surface area contributed by atoms with Crippen molar-refractivity contribution in [3.63, 3.8) is 0 Å². The van der Waals surface area contributed by atoms with Gasteiger partial charge in [-0.3, -0.25) is 9.59 Å². The molecule has 1 N–H and O–H groups in total. The number of amides is 1. The molecular weight excluding hydrogens is 266 g/mol. The number of hydrogen-bond acceptors (Lipinski definition) is 2. The normalized spacial score (nSPS) is 24.8. The summed E-state index contributed by atoms with van der Waals surface area (Å²) in [7, 11) is 0. The third-order valence-electron chi connectivity index (χ3n) is 4.62. The molecule has 0 radical (unpaired) electrons. The first-order valence-electron chi connectivity index (χ1n) is 7.74. The molecule has 0 aliphatic heterocycles. The van der Waals surface area contributed by atoms with Crippen LogP contribution in [0.2, 0.25) is 0 Å². The maximum atomic E-state index is 12.8. The van der Waals surface area contributed by atoms with Gasteiger partial charge in [-0.05, 0) is 31.2 Å². The molecule has 2 fully saturated rings. The topological polar surface area (TPSA) is 57.6 Å². The quantitative estimate of drug-likeness (QED) is 0.905. The summed E-state index contributed by atoms with van der Waals surface area (Å²) in [4.78, 5) is 26.0. The molecule has 2 saturated carbocycles. The van der Waals surface area contributed by atoms with Gasteiger partial charge in [0, 0.05) is 12.6 Å². The van der Waals surface area contributed by atoms with Crippen molar-refractivity contribution in [2.75, 3.05) is 0 Å². The summed E-state index contributed by atoms with van der Waals surface area (Å²) in [5.74, 6) is -1.59. The summed E-state index contributed by atoms with van der Waals surface area (Å²) in [5, 5.41) is 9.29. The Labute approximate surface area is 124 Å². The van der Waals surface area contributed by atoms with Crippen molar-refractivity contribution in [3.05, 3.63) is 35.9 Å². The van der Waals surface area contributed by atoms with Crippen LogP contribution in [-0.2, 0) is 16.1 Å². The average Bonchev–Trinajstić information content (AvgIpc) is 3.20. The van der Waals surface area contributed by atoms with Crippen LogP contribution in [0.3, 0.4) is 0 Å². The molecule has 4 nitrogen and oxygen atoms in total. The van der Waals surface area contributed by atoms with Crippen molar-refractivity contribution < 1.29 is 14.7 Å². The highest BCUT2D eigenvalue weighted by Gasteiger charge is 2.43. The molecule has 1 aromatic rings. The Morgan fingerprint density at radius 1 is 1.05 bits per heavy atom. The summed E-state index contributed by atoms with van der Waals surface area (Å²) in [6.07, 6.45) is 4.28. The first-order chi connectivity index (χ1) is 10.2. The molecule has 2 aliphatic carbocycles. The highest BCUT2D eigenvalue weighted by Crippen LogP contribution is 2.37. The first kappa shape index (κ1) is 14.1. The van der Waals surface area contributed by atoms with E-state index in [4.69, 9.17) is 0 Å². The molecular formula is C17H21NO3. The summed E-state index contributed by atoms with van der Waals surface area (Å²) in [6, 6.07) is 10.3. The monoisotopic (exact) mass is 287 g/mol. The highest BCUT2D eigenvalue weighted by atomic mass is 16.4. The second-order valence-electron chi connectivity index (χ2n) is 6.17. The molecule has 0 spiro atoms. The van der Waals surface area contributed by atoms with Crippen molar-refractivity contribution in [2.45, 2.75) is 44.7 Å². The first-order valence-corrected chi connectivity index (χ1v) is 7.74. The standard InChI is InChI=1S/C17H21NO3/c19-16(14-7-4-8-15(14)17(20)21)18(13-9-10-13)11-12-5-2-1-3-6-12/h1-3,5-6,13-15H,4,7-11H2,(H,20,21)/t14-,15+/m1/s1. The van der Waals surface area contributed by atoms with Crippen molar-refractivity contribution in [2.24, 2.45) is 11.8 Å². The second kappa shape index (κ2) is 5.88. The van der Waals surface area contributed by atoms with Gasteiger partial charge in [-0.25, -0.2) is 0 Å². The smallest absolute Gasteiger partial charge is 0.307 e. The average molecular weight is 287 g/mol. The third kappa shape index (κ3) is 3.09. The largest absolute Gasteiger partial charge is 0.481 e. The molecule has 0 aromatic heterocycles. The summed E-state index contributed by atoms with van der Waals surface area (Å²) in [5.41, 5.74) is 1.11. The zero-order chi connectivity index (χ0) is 14.8. The fourth-order valence-corrected chi connectivity index (χ4v) is 3.32. The lowest BCUT2D eigenvalue weighted by molar-refractivity contribution is -0.149. The number of carboxylic acid groups (broad SMARTS) is 1. The van der Waals surface area contributed by atoms with Gasteiger partial charge < -0.3 is 10.0 Å². The number of carbonyl (C=O) groups excluding carboxylic acids is 1. The van der Waals surface area contributed by atoms with E-state index in [1.165, 1.54) is 0 Å². The molecule has 21 heavy (non-hydrogen) atoms. The number of carbonyl (C=O) groups is 2. The SMILES string of the molecule is O=C(O)[C@H]1CCC[C@H]1C(=O)N(Cc1ccccc1)C1CC1. The zero-order valence-corrected chi connectivity index (χ0v) is 12.1. The Balaban J connectivity index is 1.74. The number of benzene rings is 1. The van der Waals surface area contributed by atoms with Gasteiger partial charge in [0.25, 0.3) is 0 Å². The van der Waals surface area contributed by atoms with E-state index >= 15 is 0 Å². The van der Waals surface area contributed by atoms with Crippen LogP contribution >= 0.6 is 0 Å². The molecule has 0 unspecified atom stereocenters. The molecule has 3 rings (SSSR count). The Morgan fingerprint density at radius 3 is 2.33 bits per heavy atom. The van der Waals surface area contributed by atoms with Crippen LogP contribution in [0.15, 0.2) is 30.3 Å². The third-order valence-corrected chi connectivity index (χ3v) is 4.62. The molecule has 4 heteroatoms. The Bertz CT molecular complexity index is 524. The lowest BCUT2D eigenvalue weighted by atomic mass is 9.94. The van der Waals surface area contributed by atoms with E-state index in [0.29, 0.717) is 25.4 Å². The van der Waals surface area contributed by atoms with E-state index in [1.54, 1.807) is 0 Å². The minimum absolute atomic E-state index is 0.0475. The molecule has 1 aromatic carbocycles. The molecule has 1 amide bonds. The van der Waals surface area contributed by atoms with E-state index in [9.17, 15) is 14.7 Å². The van der Waals surface area contributed by atoms with Crippen LogP contribution < -0.4 is 0 Å².